The van der Waals surface area contributed by atoms with Gasteiger partial charge in [-0.25, -0.2) is 0 Å². The zero-order chi connectivity index (χ0) is 14.5. The summed E-state index contributed by atoms with van der Waals surface area (Å²) in [6, 6.07) is 16.2. The summed E-state index contributed by atoms with van der Waals surface area (Å²) in [5.74, 6) is -0.0734. The van der Waals surface area contributed by atoms with Crippen LogP contribution in [0.3, 0.4) is 0 Å². The van der Waals surface area contributed by atoms with Crippen molar-refractivity contribution >= 4 is 11.8 Å². The summed E-state index contributed by atoms with van der Waals surface area (Å²) >= 11 is 1.70. The highest BCUT2D eigenvalue weighted by Gasteiger charge is 2.21. The Kier molecular flexibility index (Phi) is 5.24. The van der Waals surface area contributed by atoms with Gasteiger partial charge in [-0.15, -0.1) is 11.8 Å². The SMILES string of the molecule is CSc1ccc(C(O)C(CN)c2ccc(C)cc2)cc1. The molecule has 106 valence electrons. The van der Waals surface area contributed by atoms with Gasteiger partial charge in [0.15, 0.2) is 0 Å². The largest absolute Gasteiger partial charge is 0.388 e. The smallest absolute Gasteiger partial charge is 0.0870 e. The van der Waals surface area contributed by atoms with Crippen molar-refractivity contribution in [3.05, 3.63) is 65.2 Å². The van der Waals surface area contributed by atoms with Crippen molar-refractivity contribution in [2.24, 2.45) is 5.73 Å². The summed E-state index contributed by atoms with van der Waals surface area (Å²) in [6.07, 6.45) is 1.47. The lowest BCUT2D eigenvalue weighted by molar-refractivity contribution is 0.147. The fourth-order valence-electron chi connectivity index (χ4n) is 2.29. The average Bonchev–Trinajstić information content (AvgIpc) is 2.50. The molecule has 0 radical (unpaired) electrons. The number of aliphatic hydroxyl groups excluding tert-OH is 1. The summed E-state index contributed by atoms with van der Waals surface area (Å²) in [4.78, 5) is 1.19. The number of hydrogen-bond donors (Lipinski definition) is 2. The molecule has 2 aromatic rings. The molecule has 2 rings (SSSR count). The van der Waals surface area contributed by atoms with Crippen molar-refractivity contribution in [1.82, 2.24) is 0 Å². The van der Waals surface area contributed by atoms with E-state index < -0.39 is 6.10 Å². The number of aryl methyl sites for hydroxylation is 1. The number of nitrogens with two attached hydrogens (primary N) is 1. The lowest BCUT2D eigenvalue weighted by Crippen LogP contribution is -2.20. The lowest BCUT2D eigenvalue weighted by Gasteiger charge is -2.22. The molecule has 0 aliphatic rings. The fourth-order valence-corrected chi connectivity index (χ4v) is 2.70. The van der Waals surface area contributed by atoms with E-state index in [0.717, 1.165) is 11.1 Å². The molecule has 0 aliphatic carbocycles. The van der Waals surface area contributed by atoms with Gasteiger partial charge in [0, 0.05) is 17.4 Å². The second kappa shape index (κ2) is 6.93. The number of thioether (sulfide) groups is 1. The highest BCUT2D eigenvalue weighted by molar-refractivity contribution is 7.98. The van der Waals surface area contributed by atoms with Gasteiger partial charge in [0.2, 0.25) is 0 Å². The molecule has 0 heterocycles. The normalized spacial score (nSPS) is 14.0. The lowest BCUT2D eigenvalue weighted by atomic mass is 9.89. The molecule has 0 saturated heterocycles. The Balaban J connectivity index is 2.23. The van der Waals surface area contributed by atoms with Crippen molar-refractivity contribution in [3.8, 4) is 0 Å². The second-order valence-corrected chi connectivity index (χ2v) is 5.85. The molecular formula is C17H21NOS. The van der Waals surface area contributed by atoms with E-state index in [-0.39, 0.29) is 5.92 Å². The maximum atomic E-state index is 10.6. The molecule has 2 nitrogen and oxygen atoms in total. The van der Waals surface area contributed by atoms with Crippen LogP contribution in [0.1, 0.15) is 28.7 Å². The van der Waals surface area contributed by atoms with Crippen molar-refractivity contribution in [2.45, 2.75) is 23.8 Å². The van der Waals surface area contributed by atoms with Gasteiger partial charge in [-0.05, 0) is 36.4 Å². The predicted octanol–water partition coefficient (Wildman–Crippen LogP) is 3.49. The zero-order valence-electron chi connectivity index (χ0n) is 11.9. The molecular weight excluding hydrogens is 266 g/mol. The fraction of sp³-hybridized carbons (Fsp3) is 0.294. The standard InChI is InChI=1S/C17H21NOS/c1-12-3-5-13(6-4-12)16(11-18)17(19)14-7-9-15(20-2)10-8-14/h3-10,16-17,19H,11,18H2,1-2H3. The molecule has 0 saturated carbocycles. The van der Waals surface area contributed by atoms with Gasteiger partial charge >= 0.3 is 0 Å². The van der Waals surface area contributed by atoms with E-state index in [2.05, 4.69) is 19.1 Å². The van der Waals surface area contributed by atoms with E-state index in [1.807, 2.05) is 42.7 Å². The summed E-state index contributed by atoms with van der Waals surface area (Å²) in [5, 5.41) is 10.6. The van der Waals surface area contributed by atoms with Crippen LogP contribution in [0.4, 0.5) is 0 Å². The number of rotatable bonds is 5. The van der Waals surface area contributed by atoms with Crippen molar-refractivity contribution in [3.63, 3.8) is 0 Å². The van der Waals surface area contributed by atoms with Crippen LogP contribution in [-0.2, 0) is 0 Å². The third-order valence-corrected chi connectivity index (χ3v) is 4.34. The molecule has 20 heavy (non-hydrogen) atoms. The molecule has 0 aliphatic heterocycles. The maximum absolute atomic E-state index is 10.6. The number of benzene rings is 2. The van der Waals surface area contributed by atoms with Gasteiger partial charge < -0.3 is 10.8 Å². The second-order valence-electron chi connectivity index (χ2n) is 4.97. The maximum Gasteiger partial charge on any atom is 0.0870 e. The molecule has 3 heteroatoms. The topological polar surface area (TPSA) is 46.2 Å². The van der Waals surface area contributed by atoms with Crippen LogP contribution in [0.25, 0.3) is 0 Å². The summed E-state index contributed by atoms with van der Waals surface area (Å²) < 4.78 is 0. The quantitative estimate of drug-likeness (QED) is 0.827. The van der Waals surface area contributed by atoms with Gasteiger partial charge in [0.1, 0.15) is 0 Å². The monoisotopic (exact) mass is 287 g/mol. The molecule has 0 fully saturated rings. The Labute approximate surface area is 125 Å². The van der Waals surface area contributed by atoms with Gasteiger partial charge in [-0.2, -0.15) is 0 Å². The highest BCUT2D eigenvalue weighted by atomic mass is 32.2. The van der Waals surface area contributed by atoms with Crippen molar-refractivity contribution in [1.29, 1.82) is 0 Å². The minimum absolute atomic E-state index is 0.0734. The Hall–Kier alpha value is -1.29. The van der Waals surface area contributed by atoms with E-state index in [1.54, 1.807) is 11.8 Å². The van der Waals surface area contributed by atoms with Crippen molar-refractivity contribution in [2.75, 3.05) is 12.8 Å². The van der Waals surface area contributed by atoms with E-state index in [0.29, 0.717) is 6.54 Å². The first-order valence-electron chi connectivity index (χ1n) is 6.74. The third-order valence-electron chi connectivity index (χ3n) is 3.60. The van der Waals surface area contributed by atoms with Gasteiger partial charge in [-0.3, -0.25) is 0 Å². The van der Waals surface area contributed by atoms with E-state index in [1.165, 1.54) is 10.5 Å². The van der Waals surface area contributed by atoms with Crippen LogP contribution in [0, 0.1) is 6.92 Å². The van der Waals surface area contributed by atoms with E-state index in [4.69, 9.17) is 5.73 Å². The summed E-state index contributed by atoms with van der Waals surface area (Å²) in [5.41, 5.74) is 9.08. The van der Waals surface area contributed by atoms with Gasteiger partial charge in [0.25, 0.3) is 0 Å². The highest BCUT2D eigenvalue weighted by Crippen LogP contribution is 2.31. The molecule has 3 N–H and O–H groups in total. The van der Waals surface area contributed by atoms with Crippen LogP contribution >= 0.6 is 11.8 Å². The van der Waals surface area contributed by atoms with Crippen LogP contribution < -0.4 is 5.73 Å². The first-order valence-corrected chi connectivity index (χ1v) is 7.97. The number of hydrogen-bond acceptors (Lipinski definition) is 3. The summed E-state index contributed by atoms with van der Waals surface area (Å²) in [6.45, 7) is 2.48. The molecule has 2 unspecified atom stereocenters. The van der Waals surface area contributed by atoms with Crippen molar-refractivity contribution < 1.29 is 5.11 Å². The molecule has 2 aromatic carbocycles. The predicted molar refractivity (Wildman–Crippen MR) is 86.2 cm³/mol. The molecule has 0 aromatic heterocycles. The Bertz CT molecular complexity index is 536. The third kappa shape index (κ3) is 3.42. The van der Waals surface area contributed by atoms with Gasteiger partial charge in [-0.1, -0.05) is 42.0 Å². The Morgan fingerprint density at radius 3 is 2.05 bits per heavy atom. The Morgan fingerprint density at radius 2 is 1.55 bits per heavy atom. The molecule has 0 bridgehead atoms. The van der Waals surface area contributed by atoms with E-state index in [9.17, 15) is 5.11 Å². The first-order chi connectivity index (χ1) is 9.65. The minimum atomic E-state index is -0.571. The van der Waals surface area contributed by atoms with E-state index >= 15 is 0 Å². The summed E-state index contributed by atoms with van der Waals surface area (Å²) in [7, 11) is 0. The zero-order valence-corrected chi connectivity index (χ0v) is 12.7. The van der Waals surface area contributed by atoms with Crippen LogP contribution in [-0.4, -0.2) is 17.9 Å². The molecule has 0 spiro atoms. The minimum Gasteiger partial charge on any atom is -0.388 e. The average molecular weight is 287 g/mol. The first kappa shape index (κ1) is 15.1. The van der Waals surface area contributed by atoms with Crippen LogP contribution in [0.2, 0.25) is 0 Å². The van der Waals surface area contributed by atoms with Crippen LogP contribution in [0.5, 0.6) is 0 Å². The molecule has 2 atom stereocenters. The molecule has 0 amide bonds. The Morgan fingerprint density at radius 1 is 1.00 bits per heavy atom. The van der Waals surface area contributed by atoms with Gasteiger partial charge in [0.05, 0.1) is 6.10 Å². The van der Waals surface area contributed by atoms with Crippen LogP contribution in [0.15, 0.2) is 53.4 Å². The number of aliphatic hydroxyl groups is 1.